The van der Waals surface area contributed by atoms with Gasteiger partial charge >= 0.3 is 6.03 Å². The molecule has 3 rings (SSSR count). The highest BCUT2D eigenvalue weighted by molar-refractivity contribution is 6.11. The number of hydrogen-bond acceptors (Lipinski definition) is 3. The number of Topliss-reactive ketones (excluding diaryl/α,β-unsaturated/α-hetero) is 1. The molecule has 142 valence electrons. The number of nitrogens with one attached hydrogen (secondary N) is 1. The zero-order chi connectivity index (χ0) is 19.1. The summed E-state index contributed by atoms with van der Waals surface area (Å²) in [5, 5.41) is 2.88. The molecule has 1 aromatic rings. The summed E-state index contributed by atoms with van der Waals surface area (Å²) < 4.78 is 2.06. The van der Waals surface area contributed by atoms with Crippen molar-refractivity contribution in [2.45, 2.75) is 71.9 Å². The minimum absolute atomic E-state index is 0.151. The zero-order valence-electron chi connectivity index (χ0n) is 16.2. The quantitative estimate of drug-likeness (QED) is 0.648. The lowest BCUT2D eigenvalue weighted by atomic mass is 9.75. The van der Waals surface area contributed by atoms with E-state index in [4.69, 9.17) is 0 Å². The highest BCUT2D eigenvalue weighted by Crippen LogP contribution is 2.36. The first-order valence-electron chi connectivity index (χ1n) is 9.63. The third-order valence-corrected chi connectivity index (χ3v) is 6.21. The van der Waals surface area contributed by atoms with E-state index in [-0.39, 0.29) is 24.2 Å². The molecule has 1 saturated heterocycles. The van der Waals surface area contributed by atoms with Crippen molar-refractivity contribution >= 4 is 17.7 Å². The Labute approximate surface area is 154 Å². The molecule has 1 aliphatic carbocycles. The Morgan fingerprint density at radius 1 is 1.23 bits per heavy atom. The van der Waals surface area contributed by atoms with Crippen molar-refractivity contribution in [2.75, 3.05) is 6.54 Å². The number of urea groups is 1. The van der Waals surface area contributed by atoms with Crippen molar-refractivity contribution in [3.63, 3.8) is 0 Å². The van der Waals surface area contributed by atoms with E-state index < -0.39 is 11.6 Å². The lowest BCUT2D eigenvalue weighted by Gasteiger charge is -2.34. The molecule has 6 heteroatoms. The first kappa shape index (κ1) is 18.7. The number of carbonyl (C=O) groups is 3. The fourth-order valence-corrected chi connectivity index (χ4v) is 4.61. The summed E-state index contributed by atoms with van der Waals surface area (Å²) in [5.41, 5.74) is 1.61. The molecule has 0 spiro atoms. The van der Waals surface area contributed by atoms with E-state index in [2.05, 4.69) is 9.88 Å². The molecule has 6 nitrogen and oxygen atoms in total. The minimum Gasteiger partial charge on any atom is -0.349 e. The summed E-state index contributed by atoms with van der Waals surface area (Å²) >= 11 is 0. The summed E-state index contributed by atoms with van der Waals surface area (Å²) in [5.74, 6) is -0.292. The number of hydrogen-bond donors (Lipinski definition) is 1. The van der Waals surface area contributed by atoms with E-state index in [9.17, 15) is 14.4 Å². The van der Waals surface area contributed by atoms with Crippen LogP contribution in [0.2, 0.25) is 0 Å². The fraction of sp³-hybridized carbons (Fsp3) is 0.650. The Morgan fingerprint density at radius 2 is 1.88 bits per heavy atom. The van der Waals surface area contributed by atoms with Gasteiger partial charge in [-0.1, -0.05) is 19.3 Å². The number of aromatic nitrogens is 1. The Kier molecular flexibility index (Phi) is 4.95. The number of nitrogens with zero attached hydrogens (tertiary/aromatic N) is 2. The van der Waals surface area contributed by atoms with E-state index in [0.717, 1.165) is 48.5 Å². The van der Waals surface area contributed by atoms with Crippen LogP contribution in [0.4, 0.5) is 4.79 Å². The maximum Gasteiger partial charge on any atom is 0.325 e. The van der Waals surface area contributed by atoms with Gasteiger partial charge in [-0.3, -0.25) is 14.5 Å². The summed E-state index contributed by atoms with van der Waals surface area (Å²) in [7, 11) is 0. The largest absolute Gasteiger partial charge is 0.349 e. The fourth-order valence-electron chi connectivity index (χ4n) is 4.61. The predicted molar refractivity (Wildman–Crippen MR) is 99.1 cm³/mol. The Hall–Kier alpha value is -2.11. The molecule has 0 unspecified atom stereocenters. The predicted octanol–water partition coefficient (Wildman–Crippen LogP) is 3.20. The number of aryl methyl sites for hydroxylation is 1. The highest BCUT2D eigenvalue weighted by atomic mass is 16.2. The SMILES string of the molecule is CCn1c(C)cc(C(=O)CN2C(=O)N[C@@](C)(C3CCCCC3)C2=O)c1C. The molecule has 1 N–H and O–H groups in total. The summed E-state index contributed by atoms with van der Waals surface area (Å²) in [4.78, 5) is 39.4. The molecule has 2 heterocycles. The van der Waals surface area contributed by atoms with Crippen LogP contribution in [0.15, 0.2) is 6.07 Å². The zero-order valence-corrected chi connectivity index (χ0v) is 16.2. The molecule has 2 fully saturated rings. The van der Waals surface area contributed by atoms with Crippen molar-refractivity contribution in [3.8, 4) is 0 Å². The van der Waals surface area contributed by atoms with Crippen LogP contribution in [0, 0.1) is 19.8 Å². The van der Waals surface area contributed by atoms with Gasteiger partial charge in [0.2, 0.25) is 0 Å². The van der Waals surface area contributed by atoms with Gasteiger partial charge in [-0.2, -0.15) is 0 Å². The first-order chi connectivity index (χ1) is 12.3. The Bertz CT molecular complexity index is 746. The summed E-state index contributed by atoms with van der Waals surface area (Å²) in [6, 6.07) is 1.40. The van der Waals surface area contributed by atoms with Crippen LogP contribution in [0.1, 0.15) is 67.7 Å². The number of ketones is 1. The van der Waals surface area contributed by atoms with Crippen LogP contribution in [0.25, 0.3) is 0 Å². The molecule has 0 aromatic carbocycles. The second-order valence-corrected chi connectivity index (χ2v) is 7.81. The van der Waals surface area contributed by atoms with E-state index in [1.165, 1.54) is 6.42 Å². The van der Waals surface area contributed by atoms with Gasteiger partial charge in [-0.05, 0) is 52.5 Å². The van der Waals surface area contributed by atoms with Crippen LogP contribution in [0.5, 0.6) is 0 Å². The maximum atomic E-state index is 13.0. The average Bonchev–Trinajstić information content (AvgIpc) is 3.03. The third kappa shape index (κ3) is 2.95. The average molecular weight is 359 g/mol. The monoisotopic (exact) mass is 359 g/mol. The normalized spacial score (nSPS) is 24.2. The van der Waals surface area contributed by atoms with Gasteiger partial charge in [-0.15, -0.1) is 0 Å². The number of amides is 3. The molecule has 26 heavy (non-hydrogen) atoms. The van der Waals surface area contributed by atoms with Crippen molar-refractivity contribution in [2.24, 2.45) is 5.92 Å². The third-order valence-electron chi connectivity index (χ3n) is 6.21. The van der Waals surface area contributed by atoms with Crippen LogP contribution in [-0.2, 0) is 11.3 Å². The van der Waals surface area contributed by atoms with E-state index in [1.54, 1.807) is 0 Å². The van der Waals surface area contributed by atoms with Crippen LogP contribution >= 0.6 is 0 Å². The van der Waals surface area contributed by atoms with Gasteiger partial charge in [0.05, 0.1) is 6.54 Å². The van der Waals surface area contributed by atoms with E-state index >= 15 is 0 Å². The second-order valence-electron chi connectivity index (χ2n) is 7.81. The number of carbonyl (C=O) groups excluding carboxylic acids is 3. The topological polar surface area (TPSA) is 71.4 Å². The summed E-state index contributed by atoms with van der Waals surface area (Å²) in [6.07, 6.45) is 5.25. The van der Waals surface area contributed by atoms with Crippen molar-refractivity contribution < 1.29 is 14.4 Å². The highest BCUT2D eigenvalue weighted by Gasteiger charge is 2.52. The molecule has 0 radical (unpaired) electrons. The van der Waals surface area contributed by atoms with Crippen molar-refractivity contribution in [1.82, 2.24) is 14.8 Å². The van der Waals surface area contributed by atoms with Gasteiger partial charge in [0.15, 0.2) is 5.78 Å². The summed E-state index contributed by atoms with van der Waals surface area (Å²) in [6.45, 7) is 8.30. The molecule has 3 amide bonds. The van der Waals surface area contributed by atoms with Crippen molar-refractivity contribution in [1.29, 1.82) is 0 Å². The molecule has 0 bridgehead atoms. The van der Waals surface area contributed by atoms with Crippen LogP contribution in [-0.4, -0.2) is 39.3 Å². The number of rotatable bonds is 5. The lowest BCUT2D eigenvalue weighted by molar-refractivity contribution is -0.132. The lowest BCUT2D eigenvalue weighted by Crippen LogP contribution is -2.51. The van der Waals surface area contributed by atoms with Crippen molar-refractivity contribution in [3.05, 3.63) is 23.0 Å². The van der Waals surface area contributed by atoms with E-state index in [0.29, 0.717) is 5.56 Å². The van der Waals surface area contributed by atoms with Gasteiger partial charge in [0.1, 0.15) is 5.54 Å². The van der Waals surface area contributed by atoms with Gasteiger partial charge in [0, 0.05) is 23.5 Å². The maximum absolute atomic E-state index is 13.0. The van der Waals surface area contributed by atoms with E-state index in [1.807, 2.05) is 33.8 Å². The van der Waals surface area contributed by atoms with Crippen LogP contribution in [0.3, 0.4) is 0 Å². The smallest absolute Gasteiger partial charge is 0.325 e. The second kappa shape index (κ2) is 6.89. The molecule has 1 atom stereocenters. The number of imide groups is 1. The molecule has 1 aromatic heterocycles. The first-order valence-corrected chi connectivity index (χ1v) is 9.63. The standard InChI is InChI=1S/C20H29N3O3/c1-5-22-13(2)11-16(14(22)3)17(24)12-23-18(25)20(4,21-19(23)26)15-9-7-6-8-10-15/h11,15H,5-10,12H2,1-4H3,(H,21,26)/t20-/m0/s1. The Morgan fingerprint density at radius 3 is 2.46 bits per heavy atom. The molecular formula is C20H29N3O3. The molecule has 2 aliphatic rings. The molecular weight excluding hydrogens is 330 g/mol. The van der Waals surface area contributed by atoms with Crippen LogP contribution < -0.4 is 5.32 Å². The van der Waals surface area contributed by atoms with Gasteiger partial charge in [-0.25, -0.2) is 4.79 Å². The minimum atomic E-state index is -0.877. The van der Waals surface area contributed by atoms with Gasteiger partial charge in [0.25, 0.3) is 5.91 Å². The molecule has 1 saturated carbocycles. The van der Waals surface area contributed by atoms with Gasteiger partial charge < -0.3 is 9.88 Å². The Balaban J connectivity index is 1.78. The molecule has 1 aliphatic heterocycles.